The third kappa shape index (κ3) is 4.73. The fourth-order valence-electron chi connectivity index (χ4n) is 3.28. The van der Waals surface area contributed by atoms with Crippen molar-refractivity contribution in [1.82, 2.24) is 19.4 Å². The summed E-state index contributed by atoms with van der Waals surface area (Å²) in [4.78, 5) is 22.5. The lowest BCUT2D eigenvalue weighted by molar-refractivity contribution is 0.114. The predicted octanol–water partition coefficient (Wildman–Crippen LogP) is 4.34. The topological polar surface area (TPSA) is 116 Å². The van der Waals surface area contributed by atoms with Gasteiger partial charge in [-0.25, -0.2) is 14.2 Å². The SMILES string of the molecule is COCCN(Cc1cnc(-c2cc3nccc(Oc4ccc(N)cc4F)c3s2)n1C)C(=O)O. The van der Waals surface area contributed by atoms with Crippen molar-refractivity contribution in [2.75, 3.05) is 26.0 Å². The quantitative estimate of drug-likeness (QED) is 0.367. The summed E-state index contributed by atoms with van der Waals surface area (Å²) in [6, 6.07) is 7.80. The Bertz CT molecular complexity index is 1310. The molecule has 11 heteroatoms. The number of aromatic nitrogens is 3. The van der Waals surface area contributed by atoms with Crippen molar-refractivity contribution in [3.8, 4) is 22.2 Å². The zero-order valence-corrected chi connectivity index (χ0v) is 18.8. The number of nitrogens with zero attached hydrogens (tertiary/aromatic N) is 4. The molecule has 1 aromatic carbocycles. The lowest BCUT2D eigenvalue weighted by Crippen LogP contribution is -2.32. The van der Waals surface area contributed by atoms with Crippen LogP contribution in [0.1, 0.15) is 5.69 Å². The Balaban J connectivity index is 1.63. The highest BCUT2D eigenvalue weighted by Crippen LogP contribution is 2.39. The normalized spacial score (nSPS) is 11.1. The number of imidazole rings is 1. The average Bonchev–Trinajstić information content (AvgIpc) is 3.36. The third-order valence-electron chi connectivity index (χ3n) is 5.05. The second-order valence-corrected chi connectivity index (χ2v) is 8.31. The molecule has 0 aliphatic rings. The van der Waals surface area contributed by atoms with E-state index in [1.54, 1.807) is 24.5 Å². The summed E-state index contributed by atoms with van der Waals surface area (Å²) >= 11 is 1.40. The number of ether oxygens (including phenoxy) is 2. The number of amides is 1. The molecule has 0 unspecified atom stereocenters. The highest BCUT2D eigenvalue weighted by atomic mass is 32.1. The number of carboxylic acid groups (broad SMARTS) is 1. The fraction of sp³-hybridized carbons (Fsp3) is 0.227. The summed E-state index contributed by atoms with van der Waals surface area (Å²) in [5.41, 5.74) is 7.34. The van der Waals surface area contributed by atoms with Crippen LogP contribution in [-0.2, 0) is 18.3 Å². The van der Waals surface area contributed by atoms with E-state index in [-0.39, 0.29) is 18.8 Å². The molecule has 4 rings (SSSR count). The zero-order chi connectivity index (χ0) is 23.5. The number of halogens is 1. The first-order chi connectivity index (χ1) is 15.9. The van der Waals surface area contributed by atoms with Crippen LogP contribution in [0.3, 0.4) is 0 Å². The highest BCUT2D eigenvalue weighted by Gasteiger charge is 2.19. The Morgan fingerprint density at radius 3 is 2.82 bits per heavy atom. The molecule has 0 aliphatic heterocycles. The van der Waals surface area contributed by atoms with Crippen LogP contribution in [0.25, 0.3) is 20.9 Å². The van der Waals surface area contributed by atoms with E-state index in [4.69, 9.17) is 15.2 Å². The lowest BCUT2D eigenvalue weighted by Gasteiger charge is -2.18. The van der Waals surface area contributed by atoms with Crippen molar-refractivity contribution in [3.63, 3.8) is 0 Å². The molecule has 3 aromatic heterocycles. The number of rotatable bonds is 8. The third-order valence-corrected chi connectivity index (χ3v) is 6.18. The average molecular weight is 472 g/mol. The summed E-state index contributed by atoms with van der Waals surface area (Å²) in [6.07, 6.45) is 2.21. The molecule has 1 amide bonds. The van der Waals surface area contributed by atoms with Crippen LogP contribution in [0.5, 0.6) is 11.5 Å². The molecule has 0 aliphatic carbocycles. The second kappa shape index (κ2) is 9.43. The molecule has 0 spiro atoms. The number of nitrogens with two attached hydrogens (primary N) is 1. The summed E-state index contributed by atoms with van der Waals surface area (Å²) in [5, 5.41) is 9.44. The van der Waals surface area contributed by atoms with Crippen LogP contribution < -0.4 is 10.5 Å². The molecule has 3 heterocycles. The molecule has 0 atom stereocenters. The lowest BCUT2D eigenvalue weighted by atomic mass is 10.3. The Kier molecular flexibility index (Phi) is 6.43. The van der Waals surface area contributed by atoms with Gasteiger partial charge in [0.25, 0.3) is 0 Å². The van der Waals surface area contributed by atoms with Gasteiger partial charge in [0.1, 0.15) is 11.6 Å². The zero-order valence-electron chi connectivity index (χ0n) is 18.0. The number of hydrogen-bond donors (Lipinski definition) is 2. The van der Waals surface area contributed by atoms with Crippen molar-refractivity contribution < 1.29 is 23.8 Å². The summed E-state index contributed by atoms with van der Waals surface area (Å²) < 4.78 is 27.6. The summed E-state index contributed by atoms with van der Waals surface area (Å²) in [6.45, 7) is 0.730. The fourth-order valence-corrected chi connectivity index (χ4v) is 4.38. The van der Waals surface area contributed by atoms with E-state index in [0.29, 0.717) is 29.4 Å². The van der Waals surface area contributed by atoms with Gasteiger partial charge in [0.2, 0.25) is 0 Å². The molecule has 4 aromatic rings. The van der Waals surface area contributed by atoms with Gasteiger partial charge in [0.15, 0.2) is 11.6 Å². The van der Waals surface area contributed by atoms with Gasteiger partial charge in [-0.15, -0.1) is 11.3 Å². The van der Waals surface area contributed by atoms with Crippen LogP contribution in [0.15, 0.2) is 42.7 Å². The maximum absolute atomic E-state index is 14.2. The molecule has 0 saturated carbocycles. The van der Waals surface area contributed by atoms with Gasteiger partial charge in [-0.2, -0.15) is 0 Å². The van der Waals surface area contributed by atoms with Crippen molar-refractivity contribution in [2.24, 2.45) is 7.05 Å². The van der Waals surface area contributed by atoms with E-state index in [9.17, 15) is 14.3 Å². The second-order valence-electron chi connectivity index (χ2n) is 7.26. The minimum absolute atomic E-state index is 0.0655. The Labute approximate surface area is 192 Å². The number of pyridine rings is 1. The number of methoxy groups -OCH3 is 1. The predicted molar refractivity (Wildman–Crippen MR) is 123 cm³/mol. The number of thiophene rings is 1. The van der Waals surface area contributed by atoms with E-state index in [1.165, 1.54) is 35.5 Å². The van der Waals surface area contributed by atoms with Gasteiger partial charge in [0, 0.05) is 44.7 Å². The van der Waals surface area contributed by atoms with Crippen LogP contribution in [-0.4, -0.2) is 50.9 Å². The highest BCUT2D eigenvalue weighted by molar-refractivity contribution is 7.22. The van der Waals surface area contributed by atoms with Gasteiger partial charge in [-0.3, -0.25) is 4.98 Å². The van der Waals surface area contributed by atoms with Gasteiger partial charge in [-0.05, 0) is 18.2 Å². The molecule has 172 valence electrons. The first-order valence-electron chi connectivity index (χ1n) is 9.96. The first-order valence-corrected chi connectivity index (χ1v) is 10.8. The van der Waals surface area contributed by atoms with Gasteiger partial charge in [-0.1, -0.05) is 0 Å². The first kappa shape index (κ1) is 22.5. The van der Waals surface area contributed by atoms with Crippen LogP contribution in [0.2, 0.25) is 0 Å². The number of nitrogen functional groups attached to an aromatic ring is 1. The van der Waals surface area contributed by atoms with Crippen LogP contribution in [0, 0.1) is 5.82 Å². The van der Waals surface area contributed by atoms with Crippen molar-refractivity contribution in [3.05, 3.63) is 54.2 Å². The number of benzene rings is 1. The van der Waals surface area contributed by atoms with E-state index in [0.717, 1.165) is 15.3 Å². The molecule has 33 heavy (non-hydrogen) atoms. The minimum Gasteiger partial charge on any atom is -0.465 e. The number of hydrogen-bond acceptors (Lipinski definition) is 7. The largest absolute Gasteiger partial charge is 0.465 e. The van der Waals surface area contributed by atoms with Crippen molar-refractivity contribution in [2.45, 2.75) is 6.54 Å². The number of fused-ring (bicyclic) bond motifs is 1. The minimum atomic E-state index is -1.03. The molecule has 0 radical (unpaired) electrons. The summed E-state index contributed by atoms with van der Waals surface area (Å²) in [7, 11) is 3.35. The Morgan fingerprint density at radius 2 is 2.09 bits per heavy atom. The van der Waals surface area contributed by atoms with E-state index >= 15 is 0 Å². The van der Waals surface area contributed by atoms with Gasteiger partial charge >= 0.3 is 6.09 Å². The molecule has 0 fully saturated rings. The molecular weight excluding hydrogens is 449 g/mol. The van der Waals surface area contributed by atoms with Crippen molar-refractivity contribution >= 4 is 33.3 Å². The maximum atomic E-state index is 14.2. The van der Waals surface area contributed by atoms with Crippen LogP contribution >= 0.6 is 11.3 Å². The monoisotopic (exact) mass is 471 g/mol. The van der Waals surface area contributed by atoms with Crippen LogP contribution in [0.4, 0.5) is 14.9 Å². The van der Waals surface area contributed by atoms with E-state index < -0.39 is 11.9 Å². The molecule has 0 bridgehead atoms. The molecule has 0 saturated heterocycles. The number of carbonyl (C=O) groups is 1. The molecule has 3 N–H and O–H groups in total. The maximum Gasteiger partial charge on any atom is 0.407 e. The van der Waals surface area contributed by atoms with Gasteiger partial charge < -0.3 is 29.8 Å². The van der Waals surface area contributed by atoms with Crippen molar-refractivity contribution in [1.29, 1.82) is 0 Å². The summed E-state index contributed by atoms with van der Waals surface area (Å²) in [5.74, 6) is 0.637. The molecular formula is C22H22FN5O4S. The Hall–Kier alpha value is -3.70. The number of anilines is 1. The van der Waals surface area contributed by atoms with E-state index in [1.807, 2.05) is 17.7 Å². The standard InChI is InChI=1S/C22H22FN5O4S/c1-27-14(12-28(22(29)30)7-8-31-2)11-26-21(27)19-10-16-20(33-19)18(5-6-25-16)32-17-4-3-13(24)9-15(17)23/h3-6,9-11H,7-8,12,24H2,1-2H3,(H,29,30). The van der Waals surface area contributed by atoms with Gasteiger partial charge in [0.05, 0.1) is 40.1 Å². The molecule has 9 nitrogen and oxygen atoms in total. The van der Waals surface area contributed by atoms with E-state index in [2.05, 4.69) is 9.97 Å². The Morgan fingerprint density at radius 1 is 1.27 bits per heavy atom. The smallest absolute Gasteiger partial charge is 0.407 e.